The summed E-state index contributed by atoms with van der Waals surface area (Å²) in [7, 11) is -3.27. The topological polar surface area (TPSA) is 73.3 Å². The molecule has 0 aliphatic rings. The van der Waals surface area contributed by atoms with Gasteiger partial charge in [0.15, 0.2) is 9.84 Å². The van der Waals surface area contributed by atoms with Crippen LogP contribution in [0.4, 0.5) is 0 Å². The van der Waals surface area contributed by atoms with Gasteiger partial charge in [0.05, 0.1) is 10.8 Å². The molecule has 98 valence electrons. The minimum atomic E-state index is -3.27. The van der Waals surface area contributed by atoms with Gasteiger partial charge in [0.1, 0.15) is 11.3 Å². The third-order valence-corrected chi connectivity index (χ3v) is 5.62. The van der Waals surface area contributed by atoms with E-state index in [1.54, 1.807) is 19.9 Å². The molecule has 1 atom stereocenters. The molecule has 1 unspecified atom stereocenters. The fraction of sp³-hybridized carbons (Fsp3) is 0.385. The predicted octanol–water partition coefficient (Wildman–Crippen LogP) is 2.26. The summed E-state index contributed by atoms with van der Waals surface area (Å²) in [5.74, 6) is 0.492. The maximum atomic E-state index is 11.8. The van der Waals surface area contributed by atoms with Crippen LogP contribution in [0.5, 0.6) is 0 Å². The standard InChI is InChI=1S/C13H17NO3S/c1-13(2,18(3,15)16)12(14)11-8-9-6-4-5-7-10(9)17-11/h4-8,12H,14H2,1-3H3. The summed E-state index contributed by atoms with van der Waals surface area (Å²) in [6.45, 7) is 3.22. The smallest absolute Gasteiger partial charge is 0.154 e. The summed E-state index contributed by atoms with van der Waals surface area (Å²) in [6, 6.07) is 8.60. The van der Waals surface area contributed by atoms with Crippen molar-refractivity contribution >= 4 is 20.8 Å². The van der Waals surface area contributed by atoms with E-state index in [0.717, 1.165) is 5.39 Å². The van der Waals surface area contributed by atoms with Gasteiger partial charge in [0, 0.05) is 11.6 Å². The Morgan fingerprint density at radius 3 is 2.44 bits per heavy atom. The van der Waals surface area contributed by atoms with Gasteiger partial charge in [-0.1, -0.05) is 18.2 Å². The molecule has 0 aliphatic heterocycles. The molecule has 1 aromatic carbocycles. The first-order valence-electron chi connectivity index (χ1n) is 5.67. The zero-order chi connectivity index (χ0) is 13.6. The maximum Gasteiger partial charge on any atom is 0.154 e. The fourth-order valence-electron chi connectivity index (χ4n) is 1.73. The number of hydrogen-bond acceptors (Lipinski definition) is 4. The Morgan fingerprint density at radius 2 is 1.89 bits per heavy atom. The molecule has 1 heterocycles. The molecule has 0 saturated carbocycles. The second-order valence-corrected chi connectivity index (χ2v) is 7.64. The third kappa shape index (κ3) is 2.04. The fourth-order valence-corrected chi connectivity index (χ4v) is 2.31. The van der Waals surface area contributed by atoms with Crippen LogP contribution in [0, 0.1) is 0 Å². The molecular weight excluding hydrogens is 250 g/mol. The molecule has 2 aromatic rings. The van der Waals surface area contributed by atoms with Gasteiger partial charge >= 0.3 is 0 Å². The normalized spacial score (nSPS) is 14.9. The van der Waals surface area contributed by atoms with Crippen molar-refractivity contribution < 1.29 is 12.8 Å². The molecule has 0 radical (unpaired) electrons. The van der Waals surface area contributed by atoms with Crippen LogP contribution in [0.1, 0.15) is 25.6 Å². The molecule has 0 aliphatic carbocycles. The van der Waals surface area contributed by atoms with Crippen molar-refractivity contribution in [2.75, 3.05) is 6.26 Å². The first kappa shape index (κ1) is 13.1. The molecule has 2 rings (SSSR count). The summed E-state index contributed by atoms with van der Waals surface area (Å²) < 4.78 is 28.1. The van der Waals surface area contributed by atoms with Crippen LogP contribution in [-0.4, -0.2) is 19.4 Å². The van der Waals surface area contributed by atoms with Crippen LogP contribution in [0.2, 0.25) is 0 Å². The number of fused-ring (bicyclic) bond motifs is 1. The van der Waals surface area contributed by atoms with Crippen molar-refractivity contribution in [3.63, 3.8) is 0 Å². The van der Waals surface area contributed by atoms with Crippen molar-refractivity contribution in [2.24, 2.45) is 5.73 Å². The van der Waals surface area contributed by atoms with Crippen LogP contribution in [-0.2, 0) is 9.84 Å². The van der Waals surface area contributed by atoms with Crippen LogP contribution in [0.25, 0.3) is 11.0 Å². The van der Waals surface area contributed by atoms with E-state index in [1.165, 1.54) is 6.26 Å². The molecule has 1 aromatic heterocycles. The Kier molecular flexibility index (Phi) is 2.99. The van der Waals surface area contributed by atoms with Crippen LogP contribution in [0.3, 0.4) is 0 Å². The van der Waals surface area contributed by atoms with E-state index < -0.39 is 20.6 Å². The summed E-state index contributed by atoms with van der Waals surface area (Å²) in [4.78, 5) is 0. The number of para-hydroxylation sites is 1. The van der Waals surface area contributed by atoms with Gasteiger partial charge in [-0.05, 0) is 26.0 Å². The highest BCUT2D eigenvalue weighted by atomic mass is 32.2. The lowest BCUT2D eigenvalue weighted by Gasteiger charge is -2.27. The molecule has 0 spiro atoms. The summed E-state index contributed by atoms with van der Waals surface area (Å²) in [6.07, 6.45) is 1.19. The van der Waals surface area contributed by atoms with E-state index in [1.807, 2.05) is 24.3 Å². The predicted molar refractivity (Wildman–Crippen MR) is 72.1 cm³/mol. The minimum absolute atomic E-state index is 0.492. The van der Waals surface area contributed by atoms with Gasteiger partial charge in [-0.15, -0.1) is 0 Å². The Balaban J connectivity index is 2.49. The number of hydrogen-bond donors (Lipinski definition) is 1. The SMILES string of the molecule is CC(C)(C(N)c1cc2ccccc2o1)S(C)(=O)=O. The number of sulfone groups is 1. The van der Waals surface area contributed by atoms with Crippen molar-refractivity contribution in [2.45, 2.75) is 24.6 Å². The van der Waals surface area contributed by atoms with Crippen LogP contribution >= 0.6 is 0 Å². The Labute approximate surface area is 107 Å². The van der Waals surface area contributed by atoms with Gasteiger partial charge in [0.2, 0.25) is 0 Å². The van der Waals surface area contributed by atoms with Crippen molar-refractivity contribution in [3.8, 4) is 0 Å². The average molecular weight is 267 g/mol. The molecule has 0 amide bonds. The zero-order valence-corrected chi connectivity index (χ0v) is 11.5. The average Bonchev–Trinajstić information content (AvgIpc) is 2.69. The van der Waals surface area contributed by atoms with Gasteiger partial charge < -0.3 is 10.2 Å². The zero-order valence-electron chi connectivity index (χ0n) is 10.7. The largest absolute Gasteiger partial charge is 0.459 e. The van der Waals surface area contributed by atoms with E-state index in [9.17, 15) is 8.42 Å². The van der Waals surface area contributed by atoms with Gasteiger partial charge in [-0.2, -0.15) is 0 Å². The highest BCUT2D eigenvalue weighted by Gasteiger charge is 2.39. The second-order valence-electron chi connectivity index (χ2n) is 5.04. The molecular formula is C13H17NO3S. The van der Waals surface area contributed by atoms with Crippen LogP contribution in [0.15, 0.2) is 34.7 Å². The minimum Gasteiger partial charge on any atom is -0.459 e. The number of benzene rings is 1. The van der Waals surface area contributed by atoms with Gasteiger partial charge in [0.25, 0.3) is 0 Å². The second kappa shape index (κ2) is 4.10. The molecule has 0 saturated heterocycles. The van der Waals surface area contributed by atoms with Crippen molar-refractivity contribution in [1.82, 2.24) is 0 Å². The van der Waals surface area contributed by atoms with E-state index >= 15 is 0 Å². The first-order valence-corrected chi connectivity index (χ1v) is 7.56. The molecule has 0 bridgehead atoms. The summed E-state index contributed by atoms with van der Waals surface area (Å²) in [5, 5.41) is 0.923. The highest BCUT2D eigenvalue weighted by Crippen LogP contribution is 2.33. The molecule has 18 heavy (non-hydrogen) atoms. The number of furan rings is 1. The Hall–Kier alpha value is -1.33. The van der Waals surface area contributed by atoms with Crippen molar-refractivity contribution in [3.05, 3.63) is 36.1 Å². The monoisotopic (exact) mass is 267 g/mol. The maximum absolute atomic E-state index is 11.8. The van der Waals surface area contributed by atoms with E-state index in [0.29, 0.717) is 11.3 Å². The molecule has 5 heteroatoms. The Bertz CT molecular complexity index is 637. The third-order valence-electron chi connectivity index (χ3n) is 3.46. The molecule has 0 fully saturated rings. The van der Waals surface area contributed by atoms with Crippen LogP contribution < -0.4 is 5.73 Å². The summed E-state index contributed by atoms with van der Waals surface area (Å²) >= 11 is 0. The lowest BCUT2D eigenvalue weighted by molar-refractivity contribution is 0.423. The number of nitrogens with two attached hydrogens (primary N) is 1. The molecule has 2 N–H and O–H groups in total. The highest BCUT2D eigenvalue weighted by molar-refractivity contribution is 7.92. The molecule has 4 nitrogen and oxygen atoms in total. The lowest BCUT2D eigenvalue weighted by atomic mass is 10.0. The lowest BCUT2D eigenvalue weighted by Crippen LogP contribution is -2.42. The van der Waals surface area contributed by atoms with E-state index in [-0.39, 0.29) is 0 Å². The number of rotatable bonds is 3. The van der Waals surface area contributed by atoms with Gasteiger partial charge in [-0.25, -0.2) is 8.42 Å². The van der Waals surface area contributed by atoms with E-state index in [2.05, 4.69) is 0 Å². The first-order chi connectivity index (χ1) is 8.23. The quantitative estimate of drug-likeness (QED) is 0.925. The van der Waals surface area contributed by atoms with Gasteiger partial charge in [-0.3, -0.25) is 0 Å². The van der Waals surface area contributed by atoms with Crippen molar-refractivity contribution in [1.29, 1.82) is 0 Å². The van der Waals surface area contributed by atoms with E-state index in [4.69, 9.17) is 10.2 Å². The summed E-state index contributed by atoms with van der Waals surface area (Å²) in [5.41, 5.74) is 6.76. The Morgan fingerprint density at radius 1 is 1.28 bits per heavy atom.